The molecular formula is C16H19ClN4O2. The average Bonchev–Trinajstić information content (AvgIpc) is 2.95. The predicted octanol–water partition coefficient (Wildman–Crippen LogP) is 1.54. The van der Waals surface area contributed by atoms with E-state index in [1.165, 1.54) is 0 Å². The van der Waals surface area contributed by atoms with Gasteiger partial charge in [-0.05, 0) is 43.7 Å². The Hall–Kier alpha value is -2.02. The van der Waals surface area contributed by atoms with Gasteiger partial charge < -0.3 is 15.7 Å². The van der Waals surface area contributed by atoms with Crippen molar-refractivity contribution >= 4 is 24.0 Å². The van der Waals surface area contributed by atoms with Crippen molar-refractivity contribution in [3.8, 4) is 11.4 Å². The monoisotopic (exact) mass is 334 g/mol. The highest BCUT2D eigenvalue weighted by Gasteiger charge is 2.27. The van der Waals surface area contributed by atoms with E-state index >= 15 is 0 Å². The summed E-state index contributed by atoms with van der Waals surface area (Å²) in [5.74, 6) is 0.537. The van der Waals surface area contributed by atoms with Gasteiger partial charge in [0.05, 0.1) is 12.1 Å². The first kappa shape index (κ1) is 17.3. The predicted molar refractivity (Wildman–Crippen MR) is 90.5 cm³/mol. The van der Waals surface area contributed by atoms with Crippen molar-refractivity contribution in [2.45, 2.75) is 25.5 Å². The lowest BCUT2D eigenvalue weighted by atomic mass is 10.1. The van der Waals surface area contributed by atoms with Crippen molar-refractivity contribution in [1.82, 2.24) is 15.3 Å². The van der Waals surface area contributed by atoms with Crippen molar-refractivity contribution in [3.63, 3.8) is 0 Å². The lowest BCUT2D eigenvalue weighted by Crippen LogP contribution is -2.35. The number of carbonyl (C=O) groups is 1. The molecule has 2 aromatic rings. The second-order valence-electron chi connectivity index (χ2n) is 5.44. The molecule has 2 unspecified atom stereocenters. The van der Waals surface area contributed by atoms with Crippen molar-refractivity contribution in [3.05, 3.63) is 42.2 Å². The summed E-state index contributed by atoms with van der Waals surface area (Å²) in [5.41, 5.74) is 2.52. The van der Waals surface area contributed by atoms with E-state index in [0.717, 1.165) is 11.3 Å². The fraction of sp³-hybridized carbons (Fsp3) is 0.312. The molecule has 7 heteroatoms. The number of hydrogen-bond donors (Lipinski definition) is 3. The molecule has 0 radical (unpaired) electrons. The third-order valence-corrected chi connectivity index (χ3v) is 3.63. The zero-order valence-corrected chi connectivity index (χ0v) is 13.5. The topological polar surface area (TPSA) is 87.1 Å². The summed E-state index contributed by atoms with van der Waals surface area (Å²) in [6.07, 6.45) is 1.72. The summed E-state index contributed by atoms with van der Waals surface area (Å²) >= 11 is 0. The van der Waals surface area contributed by atoms with Gasteiger partial charge in [-0.15, -0.1) is 12.4 Å². The highest BCUT2D eigenvalue weighted by Crippen LogP contribution is 2.18. The second kappa shape index (κ2) is 7.50. The largest absolute Gasteiger partial charge is 0.392 e. The first-order valence-electron chi connectivity index (χ1n) is 7.24. The van der Waals surface area contributed by atoms with Gasteiger partial charge >= 0.3 is 0 Å². The molecule has 1 aliphatic rings. The van der Waals surface area contributed by atoms with E-state index in [2.05, 4.69) is 20.6 Å². The van der Waals surface area contributed by atoms with E-state index in [9.17, 15) is 9.90 Å². The number of halogens is 1. The molecule has 0 spiro atoms. The Balaban J connectivity index is 0.00000192. The van der Waals surface area contributed by atoms with Crippen LogP contribution in [0.5, 0.6) is 0 Å². The molecule has 1 aromatic heterocycles. The molecular weight excluding hydrogens is 316 g/mol. The van der Waals surface area contributed by atoms with Crippen LogP contribution in [0.15, 0.2) is 36.5 Å². The fourth-order valence-electron chi connectivity index (χ4n) is 2.44. The van der Waals surface area contributed by atoms with Crippen molar-refractivity contribution < 1.29 is 9.90 Å². The third kappa shape index (κ3) is 4.25. The molecule has 0 aliphatic carbocycles. The summed E-state index contributed by atoms with van der Waals surface area (Å²) in [4.78, 5) is 20.7. The maximum Gasteiger partial charge on any atom is 0.241 e. The minimum atomic E-state index is -0.448. The molecule has 122 valence electrons. The summed E-state index contributed by atoms with van der Waals surface area (Å²) in [6.45, 7) is 2.38. The first-order valence-corrected chi connectivity index (χ1v) is 7.24. The van der Waals surface area contributed by atoms with Crippen LogP contribution in [0.3, 0.4) is 0 Å². The number of nitrogens with one attached hydrogen (secondary N) is 2. The van der Waals surface area contributed by atoms with Gasteiger partial charge in [0, 0.05) is 29.7 Å². The summed E-state index contributed by atoms with van der Waals surface area (Å²) in [6, 6.07) is 8.91. The van der Waals surface area contributed by atoms with Crippen molar-refractivity contribution in [1.29, 1.82) is 0 Å². The molecule has 1 saturated heterocycles. The second-order valence-corrected chi connectivity index (χ2v) is 5.44. The fourth-order valence-corrected chi connectivity index (χ4v) is 2.44. The van der Waals surface area contributed by atoms with Gasteiger partial charge in [0.15, 0.2) is 5.82 Å². The lowest BCUT2D eigenvalue weighted by molar-refractivity contribution is -0.117. The molecule has 6 nitrogen and oxygen atoms in total. The number of benzene rings is 1. The number of amides is 1. The summed E-state index contributed by atoms with van der Waals surface area (Å²) in [5, 5.41) is 15.3. The van der Waals surface area contributed by atoms with Crippen LogP contribution in [0.1, 0.15) is 12.1 Å². The van der Waals surface area contributed by atoms with E-state index in [1.807, 2.05) is 37.3 Å². The van der Waals surface area contributed by atoms with Gasteiger partial charge in [0.1, 0.15) is 0 Å². The molecule has 23 heavy (non-hydrogen) atoms. The number of nitrogens with zero attached hydrogens (tertiary/aromatic N) is 2. The Morgan fingerprint density at radius 3 is 2.65 bits per heavy atom. The number of aryl methyl sites for hydroxylation is 1. The number of rotatable bonds is 3. The van der Waals surface area contributed by atoms with Crippen LogP contribution in [-0.2, 0) is 4.79 Å². The van der Waals surface area contributed by atoms with Crippen molar-refractivity contribution in [2.75, 3.05) is 11.9 Å². The molecule has 3 rings (SSSR count). The molecule has 1 amide bonds. The number of hydrogen-bond acceptors (Lipinski definition) is 5. The standard InChI is InChI=1S/C16H18N4O2.ClH/c1-10-6-7-17-15(19-10)11-2-4-12(5-3-11)20-16(22)14-8-13(21)9-18-14;/h2-7,13-14,18,21H,8-9H2,1H3,(H,20,22);1H. The van der Waals surface area contributed by atoms with Crippen LogP contribution in [0.2, 0.25) is 0 Å². The number of aliphatic hydroxyl groups is 1. The zero-order chi connectivity index (χ0) is 15.5. The Labute approximate surface area is 140 Å². The minimum Gasteiger partial charge on any atom is -0.392 e. The molecule has 1 aromatic carbocycles. The quantitative estimate of drug-likeness (QED) is 0.792. The zero-order valence-electron chi connectivity index (χ0n) is 12.7. The van der Waals surface area contributed by atoms with E-state index in [4.69, 9.17) is 0 Å². The average molecular weight is 335 g/mol. The number of anilines is 1. The van der Waals surface area contributed by atoms with Gasteiger partial charge in [0.25, 0.3) is 0 Å². The van der Waals surface area contributed by atoms with E-state index < -0.39 is 6.10 Å². The molecule has 2 heterocycles. The molecule has 3 N–H and O–H groups in total. The van der Waals surface area contributed by atoms with Crippen LogP contribution in [-0.4, -0.2) is 39.7 Å². The maximum atomic E-state index is 12.1. The molecule has 1 aliphatic heterocycles. The molecule has 1 fully saturated rings. The minimum absolute atomic E-state index is 0. The summed E-state index contributed by atoms with van der Waals surface area (Å²) in [7, 11) is 0. The van der Waals surface area contributed by atoms with E-state index in [1.54, 1.807) is 6.20 Å². The Morgan fingerprint density at radius 1 is 1.30 bits per heavy atom. The normalized spacial score (nSPS) is 19.9. The van der Waals surface area contributed by atoms with Crippen LogP contribution >= 0.6 is 12.4 Å². The highest BCUT2D eigenvalue weighted by atomic mass is 35.5. The highest BCUT2D eigenvalue weighted by molar-refractivity contribution is 5.95. The third-order valence-electron chi connectivity index (χ3n) is 3.63. The smallest absolute Gasteiger partial charge is 0.241 e. The van der Waals surface area contributed by atoms with Crippen molar-refractivity contribution in [2.24, 2.45) is 0 Å². The van der Waals surface area contributed by atoms with Gasteiger partial charge in [-0.3, -0.25) is 4.79 Å². The molecule has 2 atom stereocenters. The Bertz CT molecular complexity index is 678. The van der Waals surface area contributed by atoms with Gasteiger partial charge in [-0.25, -0.2) is 9.97 Å². The number of aromatic nitrogens is 2. The first-order chi connectivity index (χ1) is 10.6. The SMILES string of the molecule is Cc1ccnc(-c2ccc(NC(=O)C3CC(O)CN3)cc2)n1.Cl. The number of β-amino-alcohol motifs (C(OH)–C–C–N with tert-alkyl or cyclic N) is 1. The maximum absolute atomic E-state index is 12.1. The molecule has 0 bridgehead atoms. The van der Waals surface area contributed by atoms with E-state index in [0.29, 0.717) is 24.5 Å². The number of carbonyl (C=O) groups excluding carboxylic acids is 1. The van der Waals surface area contributed by atoms with Gasteiger partial charge in [0.2, 0.25) is 5.91 Å². The van der Waals surface area contributed by atoms with E-state index in [-0.39, 0.29) is 24.4 Å². The summed E-state index contributed by atoms with van der Waals surface area (Å²) < 4.78 is 0. The number of aliphatic hydroxyl groups excluding tert-OH is 1. The van der Waals surface area contributed by atoms with Gasteiger partial charge in [-0.1, -0.05) is 0 Å². The lowest BCUT2D eigenvalue weighted by Gasteiger charge is -2.11. The van der Waals surface area contributed by atoms with Gasteiger partial charge in [-0.2, -0.15) is 0 Å². The van der Waals surface area contributed by atoms with Crippen LogP contribution in [0.25, 0.3) is 11.4 Å². The van der Waals surface area contributed by atoms with Crippen LogP contribution < -0.4 is 10.6 Å². The Morgan fingerprint density at radius 2 is 2.04 bits per heavy atom. The van der Waals surface area contributed by atoms with Crippen LogP contribution in [0.4, 0.5) is 5.69 Å². The molecule has 0 saturated carbocycles. The Kier molecular flexibility index (Phi) is 5.65. The van der Waals surface area contributed by atoms with Crippen LogP contribution in [0, 0.1) is 6.92 Å².